The summed E-state index contributed by atoms with van der Waals surface area (Å²) in [6.45, 7) is 0. The molecule has 0 radical (unpaired) electrons. The molecule has 16 aromatic carbocycles. The molecular formula is C82H54. The molecule has 0 aliphatic rings. The van der Waals surface area contributed by atoms with Crippen LogP contribution in [0, 0.1) is 0 Å². The predicted octanol–water partition coefficient (Wildman–Crippen LogP) is 23.1. The van der Waals surface area contributed by atoms with Crippen molar-refractivity contribution < 1.29 is 0 Å². The highest BCUT2D eigenvalue weighted by Gasteiger charge is 2.20. The van der Waals surface area contributed by atoms with E-state index in [4.69, 9.17) is 0 Å². The summed E-state index contributed by atoms with van der Waals surface area (Å²) in [5.41, 5.74) is 17.5. The maximum absolute atomic E-state index is 2.41. The van der Waals surface area contributed by atoms with Crippen LogP contribution in [0.4, 0.5) is 0 Å². The first-order valence-corrected chi connectivity index (χ1v) is 28.4. The number of hydrogen-bond acceptors (Lipinski definition) is 0. The molecule has 82 heavy (non-hydrogen) atoms. The smallest absolute Gasteiger partial charge is 0.00259 e. The van der Waals surface area contributed by atoms with Crippen molar-refractivity contribution in [2.75, 3.05) is 0 Å². The standard InChI is InChI=1S/C46H30.C36H24/c1-2-10-31(11-3-1)34-18-20-35(21-19-34)38-26-27-43-44(30-38)46(40-25-23-33-13-5-7-15-37(33)29-40)42-17-9-8-16-41(42)45(43)39-24-22-32-12-4-6-14-36(32)28-39;1-3-12-26(13-4-1)35-31-17-9-10-18-32(31)36(27-14-5-2-6-15-27)34-24-30(21-22-33(34)35)29-20-19-25-11-7-8-16-28(25)23-29/h1-30H;1-24H. The van der Waals surface area contributed by atoms with Crippen LogP contribution in [0.2, 0.25) is 0 Å². The fraction of sp³-hybridized carbons (Fsp3) is 0. The molecule has 0 N–H and O–H groups in total. The zero-order valence-electron chi connectivity index (χ0n) is 45.2. The van der Waals surface area contributed by atoms with Crippen LogP contribution >= 0.6 is 0 Å². The van der Waals surface area contributed by atoms with Crippen LogP contribution in [0.25, 0.3) is 153 Å². The van der Waals surface area contributed by atoms with Gasteiger partial charge in [-0.1, -0.05) is 297 Å². The summed E-state index contributed by atoms with van der Waals surface area (Å²) >= 11 is 0. The molecule has 382 valence electrons. The van der Waals surface area contributed by atoms with Crippen molar-refractivity contribution in [3.05, 3.63) is 328 Å². The quantitative estimate of drug-likeness (QED) is 0.140. The Morgan fingerprint density at radius 1 is 0.110 bits per heavy atom. The van der Waals surface area contributed by atoms with Gasteiger partial charge in [0.25, 0.3) is 0 Å². The highest BCUT2D eigenvalue weighted by atomic mass is 14.2. The lowest BCUT2D eigenvalue weighted by molar-refractivity contribution is 1.60. The molecule has 0 bridgehead atoms. The Morgan fingerprint density at radius 2 is 0.341 bits per heavy atom. The Labute approximate surface area is 478 Å². The van der Waals surface area contributed by atoms with Gasteiger partial charge in [-0.25, -0.2) is 0 Å². The summed E-state index contributed by atoms with van der Waals surface area (Å²) in [4.78, 5) is 0. The molecule has 0 saturated carbocycles. The summed E-state index contributed by atoms with van der Waals surface area (Å²) in [6, 6.07) is 119. The molecule has 16 aromatic rings. The monoisotopic (exact) mass is 1040 g/mol. The third kappa shape index (κ3) is 8.85. The van der Waals surface area contributed by atoms with Gasteiger partial charge in [0.15, 0.2) is 0 Å². The van der Waals surface area contributed by atoms with Crippen LogP contribution in [0.5, 0.6) is 0 Å². The van der Waals surface area contributed by atoms with Crippen molar-refractivity contribution in [2.45, 2.75) is 0 Å². The van der Waals surface area contributed by atoms with Crippen molar-refractivity contribution >= 4 is 75.4 Å². The number of hydrogen-bond donors (Lipinski definition) is 0. The van der Waals surface area contributed by atoms with E-state index in [1.807, 2.05) is 0 Å². The normalized spacial score (nSPS) is 11.4. The van der Waals surface area contributed by atoms with E-state index in [1.165, 1.54) is 153 Å². The Morgan fingerprint density at radius 3 is 0.768 bits per heavy atom. The number of fused-ring (bicyclic) bond motifs is 7. The largest absolute Gasteiger partial charge is 0.0622 e. The third-order valence-electron chi connectivity index (χ3n) is 16.7. The Kier molecular flexibility index (Phi) is 12.3. The molecule has 0 amide bonds. The van der Waals surface area contributed by atoms with Gasteiger partial charge < -0.3 is 0 Å². The van der Waals surface area contributed by atoms with Gasteiger partial charge in [-0.05, 0) is 184 Å². The minimum Gasteiger partial charge on any atom is -0.0622 e. The van der Waals surface area contributed by atoms with Crippen LogP contribution in [0.1, 0.15) is 0 Å². The lowest BCUT2D eigenvalue weighted by Gasteiger charge is -2.19. The predicted molar refractivity (Wildman–Crippen MR) is 353 cm³/mol. The molecule has 0 spiro atoms. The summed E-state index contributed by atoms with van der Waals surface area (Å²) in [5.74, 6) is 0. The van der Waals surface area contributed by atoms with E-state index in [9.17, 15) is 0 Å². The van der Waals surface area contributed by atoms with Gasteiger partial charge in [-0.3, -0.25) is 0 Å². The lowest BCUT2D eigenvalue weighted by Crippen LogP contribution is -1.92. The molecule has 0 atom stereocenters. The molecule has 0 nitrogen and oxygen atoms in total. The van der Waals surface area contributed by atoms with Gasteiger partial charge in [-0.2, -0.15) is 0 Å². The Bertz CT molecular complexity index is 5060. The molecule has 0 aromatic heterocycles. The minimum atomic E-state index is 1.21. The van der Waals surface area contributed by atoms with Crippen LogP contribution in [0.3, 0.4) is 0 Å². The van der Waals surface area contributed by atoms with Gasteiger partial charge in [0.2, 0.25) is 0 Å². The van der Waals surface area contributed by atoms with Gasteiger partial charge >= 0.3 is 0 Å². The first-order chi connectivity index (χ1) is 40.7. The van der Waals surface area contributed by atoms with E-state index in [0.29, 0.717) is 0 Å². The second kappa shape index (κ2) is 20.9. The summed E-state index contributed by atoms with van der Waals surface area (Å²) < 4.78 is 0. The molecule has 0 saturated heterocycles. The minimum absolute atomic E-state index is 1.21. The number of rotatable bonds is 7. The fourth-order valence-electron chi connectivity index (χ4n) is 12.7. The van der Waals surface area contributed by atoms with Gasteiger partial charge in [0, 0.05) is 0 Å². The lowest BCUT2D eigenvalue weighted by atomic mass is 9.84. The average molecular weight is 1040 g/mol. The van der Waals surface area contributed by atoms with Gasteiger partial charge in [0.05, 0.1) is 0 Å². The van der Waals surface area contributed by atoms with Crippen LogP contribution < -0.4 is 0 Å². The highest BCUT2D eigenvalue weighted by molar-refractivity contribution is 6.24. The maximum Gasteiger partial charge on any atom is -0.00259 e. The van der Waals surface area contributed by atoms with Gasteiger partial charge in [-0.15, -0.1) is 0 Å². The SMILES string of the molecule is c1ccc(-c2c3ccccc3c(-c3ccccc3)c3cc(-c4ccc5ccccc5c4)ccc23)cc1.c1ccc(-c2ccc(-c3ccc4c(-c5ccc6ccccc6c5)c5ccccc5c(-c5ccc6ccccc6c5)c4c3)cc2)cc1. The first-order valence-electron chi connectivity index (χ1n) is 28.4. The van der Waals surface area contributed by atoms with Crippen molar-refractivity contribution in [3.8, 4) is 77.9 Å². The van der Waals surface area contributed by atoms with Crippen molar-refractivity contribution in [1.82, 2.24) is 0 Å². The van der Waals surface area contributed by atoms with E-state index in [0.717, 1.165) is 0 Å². The summed E-state index contributed by atoms with van der Waals surface area (Å²) in [5, 5.41) is 17.8. The van der Waals surface area contributed by atoms with E-state index in [2.05, 4.69) is 328 Å². The Hall–Kier alpha value is -10.7. The molecule has 0 aliphatic heterocycles. The average Bonchev–Trinajstić information content (AvgIpc) is 3.57. The van der Waals surface area contributed by atoms with Crippen molar-refractivity contribution in [3.63, 3.8) is 0 Å². The first kappa shape index (κ1) is 48.5. The third-order valence-corrected chi connectivity index (χ3v) is 16.7. The molecular weight excluding hydrogens is 985 g/mol. The topological polar surface area (TPSA) is 0 Å². The van der Waals surface area contributed by atoms with Crippen molar-refractivity contribution in [1.29, 1.82) is 0 Å². The van der Waals surface area contributed by atoms with Crippen LogP contribution in [0.15, 0.2) is 328 Å². The zero-order valence-corrected chi connectivity index (χ0v) is 45.2. The molecule has 16 rings (SSSR count). The van der Waals surface area contributed by atoms with E-state index in [-0.39, 0.29) is 0 Å². The summed E-state index contributed by atoms with van der Waals surface area (Å²) in [6.07, 6.45) is 0. The van der Waals surface area contributed by atoms with Gasteiger partial charge in [0.1, 0.15) is 0 Å². The fourth-order valence-corrected chi connectivity index (χ4v) is 12.7. The zero-order chi connectivity index (χ0) is 54.3. The van der Waals surface area contributed by atoms with Crippen LogP contribution in [-0.2, 0) is 0 Å². The molecule has 0 heteroatoms. The second-order valence-electron chi connectivity index (χ2n) is 21.5. The van der Waals surface area contributed by atoms with E-state index < -0.39 is 0 Å². The van der Waals surface area contributed by atoms with Crippen molar-refractivity contribution in [2.24, 2.45) is 0 Å². The maximum atomic E-state index is 2.41. The van der Waals surface area contributed by atoms with E-state index in [1.54, 1.807) is 0 Å². The van der Waals surface area contributed by atoms with Crippen LogP contribution in [-0.4, -0.2) is 0 Å². The highest BCUT2D eigenvalue weighted by Crippen LogP contribution is 2.47. The Balaban J connectivity index is 0.000000145. The summed E-state index contributed by atoms with van der Waals surface area (Å²) in [7, 11) is 0. The molecule has 0 unspecified atom stereocenters. The molecule has 0 heterocycles. The van der Waals surface area contributed by atoms with E-state index >= 15 is 0 Å². The number of benzene rings is 16. The molecule has 0 fully saturated rings. The molecule has 0 aliphatic carbocycles. The second-order valence-corrected chi connectivity index (χ2v) is 21.5.